The van der Waals surface area contributed by atoms with Crippen molar-refractivity contribution in [1.29, 1.82) is 0 Å². The molecule has 0 aliphatic heterocycles. The number of aryl methyl sites for hydroxylation is 1. The van der Waals surface area contributed by atoms with E-state index in [1.165, 1.54) is 11.3 Å². The van der Waals surface area contributed by atoms with Crippen molar-refractivity contribution >= 4 is 39.6 Å². The van der Waals surface area contributed by atoms with Gasteiger partial charge in [0.2, 0.25) is 6.41 Å². The summed E-state index contributed by atoms with van der Waals surface area (Å²) in [4.78, 5) is 39.8. The minimum Gasteiger partial charge on any atom is -0.478 e. The smallest absolute Gasteiger partial charge is 0.335 e. The molecule has 4 aromatic rings. The lowest BCUT2D eigenvalue weighted by atomic mass is 9.95. The van der Waals surface area contributed by atoms with Crippen LogP contribution >= 0.6 is 27.3 Å². The minimum absolute atomic E-state index is 0.0983. The van der Waals surface area contributed by atoms with Gasteiger partial charge in [0.25, 0.3) is 0 Å². The molecule has 1 aliphatic carbocycles. The summed E-state index contributed by atoms with van der Waals surface area (Å²) in [5.41, 5.74) is 9.58. The number of rotatable bonds is 3. The van der Waals surface area contributed by atoms with Gasteiger partial charge >= 0.3 is 10.8 Å². The van der Waals surface area contributed by atoms with Gasteiger partial charge < -0.3 is 15.8 Å². The molecular weight excluding hydrogens is 498 g/mol. The molecule has 0 saturated heterocycles. The Kier molecular flexibility index (Phi) is 6.01. The van der Waals surface area contributed by atoms with Gasteiger partial charge in [-0.05, 0) is 59.1 Å². The summed E-state index contributed by atoms with van der Waals surface area (Å²) >= 11 is 4.66. The Balaban J connectivity index is 0.000000775. The maximum atomic E-state index is 12.0. The third kappa shape index (κ3) is 3.87. The number of nitrogens with zero attached hydrogens (tertiary/aromatic N) is 3. The van der Waals surface area contributed by atoms with E-state index in [1.807, 2.05) is 12.1 Å². The van der Waals surface area contributed by atoms with Crippen LogP contribution < -0.4 is 10.6 Å². The number of thiazole rings is 1. The number of benzene rings is 1. The molecule has 3 aromatic heterocycles. The number of fused-ring (bicyclic) bond motifs is 3. The standard InChI is InChI=1S/C20H13BrN4O3S.CH3NO/c21-13-8-10(19(26)27)3-6-15(13)25-17-12(4-5-14-18(17)29-20(28)23-14)16(24-25)11-2-1-7-22-9-11;2-1-3/h1-3,6-9H,4-5H2,(H,23,28)(H,26,27);1H,(H2,2,3). The van der Waals surface area contributed by atoms with E-state index >= 15 is 0 Å². The lowest BCUT2D eigenvalue weighted by Gasteiger charge is -2.15. The lowest BCUT2D eigenvalue weighted by molar-refractivity contribution is -0.106. The Morgan fingerprint density at radius 2 is 2.09 bits per heavy atom. The average Bonchev–Trinajstić information content (AvgIpc) is 3.34. The SMILES string of the molecule is NC=O.O=C(O)c1ccc(-n2nc(-c3cccnc3)c3c2-c2sc(=O)[nH]c2CC3)c(Br)c1. The fraction of sp³-hybridized carbons (Fsp3) is 0.0952. The van der Waals surface area contributed by atoms with Crippen LogP contribution in [0.15, 0.2) is 52.0 Å². The third-order valence-electron chi connectivity index (χ3n) is 4.90. The van der Waals surface area contributed by atoms with E-state index in [9.17, 15) is 14.7 Å². The zero-order valence-corrected chi connectivity index (χ0v) is 18.8. The van der Waals surface area contributed by atoms with Crippen molar-refractivity contribution in [2.24, 2.45) is 5.73 Å². The van der Waals surface area contributed by atoms with Crippen LogP contribution in [-0.4, -0.2) is 37.2 Å². The van der Waals surface area contributed by atoms with E-state index in [2.05, 4.69) is 31.6 Å². The van der Waals surface area contributed by atoms with Crippen LogP contribution in [0.2, 0.25) is 0 Å². The van der Waals surface area contributed by atoms with Gasteiger partial charge in [0.15, 0.2) is 0 Å². The highest BCUT2D eigenvalue weighted by molar-refractivity contribution is 9.10. The summed E-state index contributed by atoms with van der Waals surface area (Å²) in [7, 11) is 0. The molecule has 9 nitrogen and oxygen atoms in total. The van der Waals surface area contributed by atoms with Crippen LogP contribution in [0.1, 0.15) is 21.6 Å². The predicted octanol–water partition coefficient (Wildman–Crippen LogP) is 3.01. The predicted molar refractivity (Wildman–Crippen MR) is 123 cm³/mol. The summed E-state index contributed by atoms with van der Waals surface area (Å²) in [6.45, 7) is 0. The van der Waals surface area contributed by atoms with E-state index in [1.54, 1.807) is 35.3 Å². The van der Waals surface area contributed by atoms with Gasteiger partial charge in [-0.25, -0.2) is 9.48 Å². The summed E-state index contributed by atoms with van der Waals surface area (Å²) in [5.74, 6) is -0.998. The highest BCUT2D eigenvalue weighted by atomic mass is 79.9. The highest BCUT2D eigenvalue weighted by Crippen LogP contribution is 2.41. The maximum absolute atomic E-state index is 12.0. The normalized spacial score (nSPS) is 11.7. The number of hydrogen-bond donors (Lipinski definition) is 3. The zero-order valence-electron chi connectivity index (χ0n) is 16.4. The minimum atomic E-state index is -0.998. The molecule has 11 heteroatoms. The van der Waals surface area contributed by atoms with E-state index in [-0.39, 0.29) is 16.8 Å². The largest absolute Gasteiger partial charge is 0.478 e. The first kappa shape index (κ1) is 21.7. The quantitative estimate of drug-likeness (QED) is 0.359. The summed E-state index contributed by atoms with van der Waals surface area (Å²) in [6.07, 6.45) is 5.21. The van der Waals surface area contributed by atoms with Crippen LogP contribution in [0.5, 0.6) is 0 Å². The number of nitrogens with one attached hydrogen (secondary N) is 1. The van der Waals surface area contributed by atoms with E-state index in [4.69, 9.17) is 9.89 Å². The number of halogens is 1. The van der Waals surface area contributed by atoms with Crippen LogP contribution in [-0.2, 0) is 17.6 Å². The molecule has 1 amide bonds. The van der Waals surface area contributed by atoms with Crippen molar-refractivity contribution in [2.45, 2.75) is 12.8 Å². The first-order valence-electron chi connectivity index (χ1n) is 9.37. The Morgan fingerprint density at radius 3 is 2.75 bits per heavy atom. The number of aromatic nitrogens is 4. The van der Waals surface area contributed by atoms with Gasteiger partial charge in [-0.15, -0.1) is 0 Å². The summed E-state index contributed by atoms with van der Waals surface area (Å²) in [5, 5.41) is 14.1. The molecule has 0 bridgehead atoms. The summed E-state index contributed by atoms with van der Waals surface area (Å²) in [6, 6.07) is 8.64. The van der Waals surface area contributed by atoms with Crippen LogP contribution in [0.25, 0.3) is 27.5 Å². The molecular formula is C21H16BrN5O4S. The van der Waals surface area contributed by atoms with Crippen molar-refractivity contribution in [3.63, 3.8) is 0 Å². The molecule has 1 aromatic carbocycles. The number of aromatic amines is 1. The number of carbonyl (C=O) groups is 2. The van der Waals surface area contributed by atoms with Gasteiger partial charge in [-0.3, -0.25) is 14.6 Å². The van der Waals surface area contributed by atoms with Crippen LogP contribution in [0.4, 0.5) is 0 Å². The Bertz CT molecular complexity index is 1380. The van der Waals surface area contributed by atoms with E-state index in [0.717, 1.165) is 45.9 Å². The number of H-pyrrole nitrogens is 1. The number of aromatic carboxylic acids is 1. The van der Waals surface area contributed by atoms with Crippen molar-refractivity contribution in [1.82, 2.24) is 19.7 Å². The van der Waals surface area contributed by atoms with Gasteiger partial charge in [0.1, 0.15) is 0 Å². The number of amides is 1. The molecule has 0 fully saturated rings. The van der Waals surface area contributed by atoms with Crippen LogP contribution in [0.3, 0.4) is 0 Å². The second kappa shape index (κ2) is 8.89. The number of primary amides is 1. The zero-order chi connectivity index (χ0) is 22.8. The molecule has 1 aliphatic rings. The molecule has 0 unspecified atom stereocenters. The molecule has 0 saturated carbocycles. The van der Waals surface area contributed by atoms with Crippen LogP contribution in [0, 0.1) is 0 Å². The second-order valence-corrected chi connectivity index (χ2v) is 8.60. The average molecular weight is 514 g/mol. The highest BCUT2D eigenvalue weighted by Gasteiger charge is 2.29. The molecule has 5 rings (SSSR count). The first-order chi connectivity index (χ1) is 15.4. The van der Waals surface area contributed by atoms with Gasteiger partial charge in [-0.2, -0.15) is 5.10 Å². The van der Waals surface area contributed by atoms with Crippen molar-refractivity contribution < 1.29 is 14.7 Å². The molecule has 3 heterocycles. The number of pyridine rings is 1. The number of carbonyl (C=O) groups excluding carboxylic acids is 1. The van der Waals surface area contributed by atoms with E-state index < -0.39 is 5.97 Å². The number of carboxylic acid groups (broad SMARTS) is 1. The number of nitrogens with two attached hydrogens (primary N) is 1. The monoisotopic (exact) mass is 513 g/mol. The van der Waals surface area contributed by atoms with Crippen molar-refractivity contribution in [3.8, 4) is 27.5 Å². The topological polar surface area (TPSA) is 144 Å². The molecule has 0 atom stereocenters. The van der Waals surface area contributed by atoms with Gasteiger partial charge in [-0.1, -0.05) is 11.3 Å². The van der Waals surface area contributed by atoms with Crippen molar-refractivity contribution in [2.75, 3.05) is 0 Å². The fourth-order valence-corrected chi connectivity index (χ4v) is 5.11. The number of hydrogen-bond acceptors (Lipinski definition) is 6. The van der Waals surface area contributed by atoms with Gasteiger partial charge in [0.05, 0.1) is 27.5 Å². The molecule has 32 heavy (non-hydrogen) atoms. The molecule has 4 N–H and O–H groups in total. The number of carboxylic acids is 1. The third-order valence-corrected chi connectivity index (χ3v) is 6.47. The first-order valence-corrected chi connectivity index (χ1v) is 11.0. The second-order valence-electron chi connectivity index (χ2n) is 6.76. The lowest BCUT2D eigenvalue weighted by Crippen LogP contribution is -2.07. The van der Waals surface area contributed by atoms with Crippen molar-refractivity contribution in [3.05, 3.63) is 73.7 Å². The Labute approximate surface area is 193 Å². The fourth-order valence-electron chi connectivity index (χ4n) is 3.62. The maximum Gasteiger partial charge on any atom is 0.335 e. The Morgan fingerprint density at radius 1 is 1.31 bits per heavy atom. The molecule has 0 spiro atoms. The summed E-state index contributed by atoms with van der Waals surface area (Å²) < 4.78 is 2.39. The Hall–Kier alpha value is -3.57. The van der Waals surface area contributed by atoms with E-state index in [0.29, 0.717) is 10.2 Å². The molecule has 0 radical (unpaired) electrons. The molecule has 162 valence electrons. The van der Waals surface area contributed by atoms with Gasteiger partial charge in [0, 0.05) is 33.7 Å².